The summed E-state index contributed by atoms with van der Waals surface area (Å²) in [5.41, 5.74) is 1.39. The Labute approximate surface area is 119 Å². The van der Waals surface area contributed by atoms with E-state index in [1.54, 1.807) is 18.2 Å². The Kier molecular flexibility index (Phi) is 4.21. The largest absolute Gasteiger partial charge is 0.280 e. The van der Waals surface area contributed by atoms with Crippen LogP contribution in [-0.4, -0.2) is 8.42 Å². The van der Waals surface area contributed by atoms with Gasteiger partial charge in [0.1, 0.15) is 5.82 Å². The maximum atomic E-state index is 13.1. The summed E-state index contributed by atoms with van der Waals surface area (Å²) in [5.74, 6) is -0.586. The molecule has 0 heterocycles. The van der Waals surface area contributed by atoms with Crippen LogP contribution in [0, 0.1) is 5.82 Å². The SMILES string of the molecule is O=S(=O)(Nc1cccc(CBr)c1)c1cccc(F)c1. The molecular formula is C13H11BrFNO2S. The van der Waals surface area contributed by atoms with E-state index >= 15 is 0 Å². The molecular weight excluding hydrogens is 333 g/mol. The molecule has 0 atom stereocenters. The van der Waals surface area contributed by atoms with Gasteiger partial charge in [-0.1, -0.05) is 34.1 Å². The van der Waals surface area contributed by atoms with Crippen LogP contribution in [0.15, 0.2) is 53.4 Å². The number of benzene rings is 2. The number of halogens is 2. The van der Waals surface area contributed by atoms with E-state index in [0.29, 0.717) is 11.0 Å². The van der Waals surface area contributed by atoms with Gasteiger partial charge in [-0.3, -0.25) is 4.72 Å². The lowest BCUT2D eigenvalue weighted by Crippen LogP contribution is -2.13. The zero-order valence-corrected chi connectivity index (χ0v) is 12.2. The molecule has 0 amide bonds. The maximum Gasteiger partial charge on any atom is 0.261 e. The molecule has 0 saturated carbocycles. The van der Waals surface area contributed by atoms with E-state index in [-0.39, 0.29) is 4.90 Å². The van der Waals surface area contributed by atoms with Gasteiger partial charge in [0.25, 0.3) is 10.0 Å². The third-order valence-electron chi connectivity index (χ3n) is 2.44. The summed E-state index contributed by atoms with van der Waals surface area (Å²) in [6, 6.07) is 11.9. The molecule has 3 nitrogen and oxygen atoms in total. The summed E-state index contributed by atoms with van der Waals surface area (Å²) < 4.78 is 39.6. The van der Waals surface area contributed by atoms with Gasteiger partial charge in [-0.15, -0.1) is 0 Å². The van der Waals surface area contributed by atoms with Crippen molar-refractivity contribution in [3.8, 4) is 0 Å². The van der Waals surface area contributed by atoms with Gasteiger partial charge >= 0.3 is 0 Å². The van der Waals surface area contributed by atoms with Crippen molar-refractivity contribution < 1.29 is 12.8 Å². The Morgan fingerprint density at radius 3 is 2.53 bits per heavy atom. The topological polar surface area (TPSA) is 46.2 Å². The van der Waals surface area contributed by atoms with E-state index in [0.717, 1.165) is 11.6 Å². The van der Waals surface area contributed by atoms with E-state index in [1.807, 2.05) is 6.07 Å². The number of anilines is 1. The minimum Gasteiger partial charge on any atom is -0.280 e. The van der Waals surface area contributed by atoms with Gasteiger partial charge in [0.05, 0.1) is 4.90 Å². The quantitative estimate of drug-likeness (QED) is 0.863. The van der Waals surface area contributed by atoms with Gasteiger partial charge in [0.2, 0.25) is 0 Å². The minimum absolute atomic E-state index is 0.100. The van der Waals surface area contributed by atoms with Crippen LogP contribution in [-0.2, 0) is 15.4 Å². The average molecular weight is 344 g/mol. The first kappa shape index (κ1) is 14.0. The Morgan fingerprint density at radius 1 is 1.11 bits per heavy atom. The van der Waals surface area contributed by atoms with Crippen LogP contribution < -0.4 is 4.72 Å². The van der Waals surface area contributed by atoms with Crippen LogP contribution in [0.1, 0.15) is 5.56 Å². The second-order valence-corrected chi connectivity index (χ2v) is 6.14. The van der Waals surface area contributed by atoms with Crippen LogP contribution in [0.2, 0.25) is 0 Å². The summed E-state index contributed by atoms with van der Waals surface area (Å²) in [5, 5.41) is 0.628. The van der Waals surface area contributed by atoms with Crippen LogP contribution in [0.3, 0.4) is 0 Å². The van der Waals surface area contributed by atoms with Crippen LogP contribution in [0.5, 0.6) is 0 Å². The third-order valence-corrected chi connectivity index (χ3v) is 4.47. The van der Waals surface area contributed by atoms with Crippen LogP contribution in [0.4, 0.5) is 10.1 Å². The zero-order chi connectivity index (χ0) is 13.9. The van der Waals surface area contributed by atoms with Crippen molar-refractivity contribution in [3.05, 3.63) is 59.9 Å². The van der Waals surface area contributed by atoms with E-state index in [9.17, 15) is 12.8 Å². The average Bonchev–Trinajstić information content (AvgIpc) is 2.38. The summed E-state index contributed by atoms with van der Waals surface area (Å²) in [6.07, 6.45) is 0. The molecule has 2 aromatic rings. The molecule has 0 fully saturated rings. The lowest BCUT2D eigenvalue weighted by atomic mass is 10.2. The molecule has 1 N–H and O–H groups in total. The molecule has 0 aliphatic rings. The third kappa shape index (κ3) is 3.54. The highest BCUT2D eigenvalue weighted by Gasteiger charge is 2.14. The number of alkyl halides is 1. The highest BCUT2D eigenvalue weighted by atomic mass is 79.9. The number of hydrogen-bond acceptors (Lipinski definition) is 2. The first-order valence-electron chi connectivity index (χ1n) is 5.44. The van der Waals surface area contributed by atoms with Crippen LogP contribution in [0.25, 0.3) is 0 Å². The fraction of sp³-hybridized carbons (Fsp3) is 0.0769. The molecule has 0 aromatic heterocycles. The Bertz CT molecular complexity index is 689. The van der Waals surface area contributed by atoms with E-state index in [4.69, 9.17) is 0 Å². The molecule has 0 bridgehead atoms. The zero-order valence-electron chi connectivity index (χ0n) is 9.81. The van der Waals surface area contributed by atoms with E-state index in [1.165, 1.54) is 18.2 Å². The fourth-order valence-electron chi connectivity index (χ4n) is 1.57. The number of nitrogens with one attached hydrogen (secondary N) is 1. The van der Waals surface area contributed by atoms with Crippen molar-refractivity contribution in [1.82, 2.24) is 0 Å². The predicted molar refractivity (Wildman–Crippen MR) is 76.3 cm³/mol. The molecule has 0 aliphatic heterocycles. The molecule has 19 heavy (non-hydrogen) atoms. The Balaban J connectivity index is 2.31. The van der Waals surface area contributed by atoms with Gasteiger partial charge in [-0.2, -0.15) is 0 Å². The maximum absolute atomic E-state index is 13.1. The first-order chi connectivity index (χ1) is 9.01. The van der Waals surface area contributed by atoms with Gasteiger partial charge < -0.3 is 0 Å². The van der Waals surface area contributed by atoms with Gasteiger partial charge in [0, 0.05) is 11.0 Å². The van der Waals surface area contributed by atoms with E-state index in [2.05, 4.69) is 20.7 Å². The van der Waals surface area contributed by atoms with Crippen LogP contribution >= 0.6 is 15.9 Å². The standard InChI is InChI=1S/C13H11BrFNO2S/c14-9-10-3-1-5-12(7-10)16-19(17,18)13-6-2-4-11(15)8-13/h1-8,16H,9H2. The second-order valence-electron chi connectivity index (χ2n) is 3.90. The van der Waals surface area contributed by atoms with Crippen molar-refractivity contribution >= 4 is 31.6 Å². The van der Waals surface area contributed by atoms with Crippen molar-refractivity contribution in [3.63, 3.8) is 0 Å². The molecule has 2 aromatic carbocycles. The van der Waals surface area contributed by atoms with Gasteiger partial charge in [-0.05, 0) is 35.9 Å². The lowest BCUT2D eigenvalue weighted by molar-refractivity contribution is 0.595. The molecule has 0 radical (unpaired) electrons. The van der Waals surface area contributed by atoms with Gasteiger partial charge in [-0.25, -0.2) is 12.8 Å². The first-order valence-corrected chi connectivity index (χ1v) is 8.05. The molecule has 100 valence electrons. The van der Waals surface area contributed by atoms with Crippen molar-refractivity contribution in [2.24, 2.45) is 0 Å². The van der Waals surface area contributed by atoms with Crippen molar-refractivity contribution in [1.29, 1.82) is 0 Å². The molecule has 0 unspecified atom stereocenters. The lowest BCUT2D eigenvalue weighted by Gasteiger charge is -2.09. The Hall–Kier alpha value is -1.40. The fourth-order valence-corrected chi connectivity index (χ4v) is 3.00. The summed E-state index contributed by atoms with van der Waals surface area (Å²) >= 11 is 3.30. The summed E-state index contributed by atoms with van der Waals surface area (Å²) in [7, 11) is -3.77. The van der Waals surface area contributed by atoms with Crippen molar-refractivity contribution in [2.45, 2.75) is 10.2 Å². The van der Waals surface area contributed by atoms with Crippen molar-refractivity contribution in [2.75, 3.05) is 4.72 Å². The smallest absolute Gasteiger partial charge is 0.261 e. The molecule has 2 rings (SSSR count). The number of rotatable bonds is 4. The second kappa shape index (κ2) is 5.71. The molecule has 0 spiro atoms. The van der Waals surface area contributed by atoms with Gasteiger partial charge in [0.15, 0.2) is 0 Å². The minimum atomic E-state index is -3.77. The number of sulfonamides is 1. The highest BCUT2D eigenvalue weighted by molar-refractivity contribution is 9.08. The molecule has 0 saturated heterocycles. The number of hydrogen-bond donors (Lipinski definition) is 1. The Morgan fingerprint density at radius 2 is 1.84 bits per heavy atom. The summed E-state index contributed by atoms with van der Waals surface area (Å²) in [4.78, 5) is -0.100. The molecule has 6 heteroatoms. The predicted octanol–water partition coefficient (Wildman–Crippen LogP) is 3.52. The monoisotopic (exact) mass is 343 g/mol. The molecule has 0 aliphatic carbocycles. The highest BCUT2D eigenvalue weighted by Crippen LogP contribution is 2.18. The normalized spacial score (nSPS) is 11.3. The van der Waals surface area contributed by atoms with E-state index < -0.39 is 15.8 Å². The summed E-state index contributed by atoms with van der Waals surface area (Å²) in [6.45, 7) is 0.